The number of hydrogen-bond donors (Lipinski definition) is 0. The van der Waals surface area contributed by atoms with Gasteiger partial charge in [0.25, 0.3) is 0 Å². The summed E-state index contributed by atoms with van der Waals surface area (Å²) in [5.74, 6) is 0.0842. The van der Waals surface area contributed by atoms with Gasteiger partial charge in [0.1, 0.15) is 0 Å². The normalized spacial score (nSPS) is 10.7. The van der Waals surface area contributed by atoms with Crippen LogP contribution in [0.25, 0.3) is 6.08 Å². The Morgan fingerprint density at radius 1 is 1.31 bits per heavy atom. The van der Waals surface area contributed by atoms with Gasteiger partial charge in [-0.2, -0.15) is 0 Å². The molecule has 13 heavy (non-hydrogen) atoms. The smallest absolute Gasteiger partial charge is 0.152 e. The zero-order valence-electron chi connectivity index (χ0n) is 8.29. The van der Waals surface area contributed by atoms with Crippen molar-refractivity contribution in [3.8, 4) is 0 Å². The molecule has 0 N–H and O–H groups in total. The zero-order chi connectivity index (χ0) is 9.84. The van der Waals surface area contributed by atoms with Crippen molar-refractivity contribution in [3.05, 3.63) is 41.0 Å². The highest BCUT2D eigenvalue weighted by molar-refractivity contribution is 5.91. The second-order valence-electron chi connectivity index (χ2n) is 3.23. The molecule has 0 saturated heterocycles. The number of carbonyl (C=O) groups is 1. The lowest BCUT2D eigenvalue weighted by molar-refractivity contribution is -0.112. The molecule has 0 amide bonds. The molecule has 68 valence electrons. The van der Waals surface area contributed by atoms with Crippen LogP contribution in [0.2, 0.25) is 0 Å². The highest BCUT2D eigenvalue weighted by atomic mass is 16.1. The van der Waals surface area contributed by atoms with Crippen molar-refractivity contribution in [3.63, 3.8) is 0 Å². The monoisotopic (exact) mass is 174 g/mol. The Balaban J connectivity index is 3.02. The summed E-state index contributed by atoms with van der Waals surface area (Å²) in [6.07, 6.45) is 3.46. The summed E-state index contributed by atoms with van der Waals surface area (Å²) in [6.45, 7) is 5.69. The van der Waals surface area contributed by atoms with E-state index in [1.165, 1.54) is 11.1 Å². The van der Waals surface area contributed by atoms with Crippen LogP contribution >= 0.6 is 0 Å². The van der Waals surface area contributed by atoms with Crippen LogP contribution in [0.1, 0.15) is 23.6 Å². The van der Waals surface area contributed by atoms with E-state index in [4.69, 9.17) is 0 Å². The molecule has 0 aliphatic carbocycles. The molecular weight excluding hydrogens is 160 g/mol. The zero-order valence-corrected chi connectivity index (χ0v) is 8.29. The predicted octanol–water partition coefficient (Wildman–Crippen LogP) is 2.91. The van der Waals surface area contributed by atoms with Crippen LogP contribution < -0.4 is 0 Å². The molecule has 0 bridgehead atoms. The third-order valence-corrected chi connectivity index (χ3v) is 2.14. The van der Waals surface area contributed by atoms with Gasteiger partial charge in [0.05, 0.1) is 0 Å². The summed E-state index contributed by atoms with van der Waals surface area (Å²) in [6, 6.07) is 6.09. The number of hydrogen-bond acceptors (Lipinski definition) is 1. The van der Waals surface area contributed by atoms with Crippen LogP contribution in [0.5, 0.6) is 0 Å². The van der Waals surface area contributed by atoms with Gasteiger partial charge in [-0.3, -0.25) is 4.79 Å². The number of allylic oxidation sites excluding steroid dienone is 1. The molecule has 1 aromatic rings. The lowest BCUT2D eigenvalue weighted by Gasteiger charge is -2.02. The molecule has 1 heteroatoms. The molecule has 0 spiro atoms. The minimum Gasteiger partial charge on any atom is -0.295 e. The van der Waals surface area contributed by atoms with Gasteiger partial charge in [0, 0.05) is 0 Å². The molecule has 0 radical (unpaired) electrons. The van der Waals surface area contributed by atoms with Crippen molar-refractivity contribution >= 4 is 11.9 Å². The van der Waals surface area contributed by atoms with E-state index in [1.807, 2.05) is 18.2 Å². The second-order valence-corrected chi connectivity index (χ2v) is 3.23. The first-order chi connectivity index (χ1) is 6.11. The number of ketones is 1. The molecule has 0 fully saturated rings. The topological polar surface area (TPSA) is 17.1 Å². The van der Waals surface area contributed by atoms with Crippen molar-refractivity contribution in [1.82, 2.24) is 0 Å². The average molecular weight is 174 g/mol. The van der Waals surface area contributed by atoms with E-state index >= 15 is 0 Å². The Labute approximate surface area is 79.1 Å². The summed E-state index contributed by atoms with van der Waals surface area (Å²) in [5.41, 5.74) is 3.61. The standard InChI is InChI=1S/C12H14O/c1-9-5-4-6-12(11(9)3)8-7-10(2)13/h4-8H,1-3H3/b8-7+. The number of benzene rings is 1. The van der Waals surface area contributed by atoms with Gasteiger partial charge in [-0.25, -0.2) is 0 Å². The van der Waals surface area contributed by atoms with Crippen LogP contribution in [-0.4, -0.2) is 5.78 Å². The number of carbonyl (C=O) groups excluding carboxylic acids is 1. The van der Waals surface area contributed by atoms with E-state index in [1.54, 1.807) is 13.0 Å². The Hall–Kier alpha value is -1.37. The van der Waals surface area contributed by atoms with E-state index in [0.717, 1.165) is 5.56 Å². The molecule has 0 saturated carbocycles. The minimum absolute atomic E-state index is 0.0842. The van der Waals surface area contributed by atoms with Crippen LogP contribution in [0.15, 0.2) is 24.3 Å². The fourth-order valence-electron chi connectivity index (χ4n) is 1.16. The molecule has 1 rings (SSSR count). The fraction of sp³-hybridized carbons (Fsp3) is 0.250. The van der Waals surface area contributed by atoms with Crippen LogP contribution in [0.3, 0.4) is 0 Å². The van der Waals surface area contributed by atoms with E-state index in [9.17, 15) is 4.79 Å². The van der Waals surface area contributed by atoms with Gasteiger partial charge in [-0.15, -0.1) is 0 Å². The molecular formula is C12H14O. The Kier molecular flexibility index (Phi) is 3.02. The van der Waals surface area contributed by atoms with E-state index in [2.05, 4.69) is 19.9 Å². The van der Waals surface area contributed by atoms with Gasteiger partial charge in [0.2, 0.25) is 0 Å². The van der Waals surface area contributed by atoms with Crippen molar-refractivity contribution < 1.29 is 4.79 Å². The van der Waals surface area contributed by atoms with Crippen molar-refractivity contribution in [2.75, 3.05) is 0 Å². The maximum absolute atomic E-state index is 10.7. The van der Waals surface area contributed by atoms with Crippen molar-refractivity contribution in [1.29, 1.82) is 0 Å². The molecule has 0 aliphatic rings. The Morgan fingerprint density at radius 3 is 2.62 bits per heavy atom. The minimum atomic E-state index is 0.0842. The quantitative estimate of drug-likeness (QED) is 0.630. The summed E-state index contributed by atoms with van der Waals surface area (Å²) < 4.78 is 0. The SMILES string of the molecule is CC(=O)/C=C/c1cccc(C)c1C. The summed E-state index contributed by atoms with van der Waals surface area (Å²) in [7, 11) is 0. The lowest BCUT2D eigenvalue weighted by atomic mass is 10.0. The third-order valence-electron chi connectivity index (χ3n) is 2.14. The molecule has 0 aromatic heterocycles. The number of aryl methyl sites for hydroxylation is 1. The lowest BCUT2D eigenvalue weighted by Crippen LogP contribution is -1.86. The van der Waals surface area contributed by atoms with Crippen LogP contribution in [0.4, 0.5) is 0 Å². The first-order valence-corrected chi connectivity index (χ1v) is 4.36. The molecule has 0 aliphatic heterocycles. The number of rotatable bonds is 2. The molecule has 0 atom stereocenters. The third kappa shape index (κ3) is 2.55. The van der Waals surface area contributed by atoms with E-state index in [-0.39, 0.29) is 5.78 Å². The van der Waals surface area contributed by atoms with Gasteiger partial charge < -0.3 is 0 Å². The van der Waals surface area contributed by atoms with Gasteiger partial charge in [-0.05, 0) is 43.5 Å². The average Bonchev–Trinajstić information content (AvgIpc) is 2.07. The highest BCUT2D eigenvalue weighted by Gasteiger charge is 1.96. The maximum atomic E-state index is 10.7. The van der Waals surface area contributed by atoms with Gasteiger partial charge in [0.15, 0.2) is 5.78 Å². The Morgan fingerprint density at radius 2 is 2.00 bits per heavy atom. The first-order valence-electron chi connectivity index (χ1n) is 4.36. The van der Waals surface area contributed by atoms with Gasteiger partial charge in [-0.1, -0.05) is 24.3 Å². The van der Waals surface area contributed by atoms with E-state index in [0.29, 0.717) is 0 Å². The summed E-state index contributed by atoms with van der Waals surface area (Å²) >= 11 is 0. The molecule has 1 nitrogen and oxygen atoms in total. The molecule has 1 aromatic carbocycles. The highest BCUT2D eigenvalue weighted by Crippen LogP contribution is 2.13. The van der Waals surface area contributed by atoms with Crippen LogP contribution in [-0.2, 0) is 4.79 Å². The molecule has 0 heterocycles. The van der Waals surface area contributed by atoms with Gasteiger partial charge >= 0.3 is 0 Å². The summed E-state index contributed by atoms with van der Waals surface area (Å²) in [5, 5.41) is 0. The second kappa shape index (κ2) is 4.04. The summed E-state index contributed by atoms with van der Waals surface area (Å²) in [4.78, 5) is 10.7. The van der Waals surface area contributed by atoms with Crippen molar-refractivity contribution in [2.24, 2.45) is 0 Å². The first kappa shape index (κ1) is 9.72. The fourth-order valence-corrected chi connectivity index (χ4v) is 1.16. The van der Waals surface area contributed by atoms with Crippen LogP contribution in [0, 0.1) is 13.8 Å². The predicted molar refractivity (Wildman–Crippen MR) is 55.6 cm³/mol. The maximum Gasteiger partial charge on any atom is 0.152 e. The molecule has 0 unspecified atom stereocenters. The van der Waals surface area contributed by atoms with Crippen molar-refractivity contribution in [2.45, 2.75) is 20.8 Å². The largest absolute Gasteiger partial charge is 0.295 e. The Bertz CT molecular complexity index is 348. The van der Waals surface area contributed by atoms with E-state index < -0.39 is 0 Å².